The number of carbonyl (C=O) groups is 1. The minimum Gasteiger partial charge on any atom is -0.358 e. The molecule has 0 bridgehead atoms. The van der Waals surface area contributed by atoms with E-state index in [0.717, 1.165) is 17.8 Å². The van der Waals surface area contributed by atoms with Gasteiger partial charge >= 0.3 is 5.82 Å². The number of nitrogens with one attached hydrogen (secondary N) is 1. The Balaban J connectivity index is 1.92. The van der Waals surface area contributed by atoms with Gasteiger partial charge in [-0.1, -0.05) is 0 Å². The summed E-state index contributed by atoms with van der Waals surface area (Å²) < 4.78 is 3.50. The van der Waals surface area contributed by atoms with Gasteiger partial charge in [0.1, 0.15) is 4.47 Å². The lowest BCUT2D eigenvalue weighted by Gasteiger charge is -2.12. The number of hydrogen-bond donors (Lipinski definition) is 1. The van der Waals surface area contributed by atoms with Crippen molar-refractivity contribution >= 4 is 27.7 Å². The van der Waals surface area contributed by atoms with Crippen LogP contribution in [0.15, 0.2) is 16.9 Å². The molecule has 9 nitrogen and oxygen atoms in total. The second-order valence-corrected chi connectivity index (χ2v) is 6.24. The van der Waals surface area contributed by atoms with E-state index in [0.29, 0.717) is 4.47 Å². The summed E-state index contributed by atoms with van der Waals surface area (Å²) in [5, 5.41) is 21.8. The van der Waals surface area contributed by atoms with Crippen molar-refractivity contribution in [3.63, 3.8) is 0 Å². The van der Waals surface area contributed by atoms with Crippen LogP contribution < -0.4 is 5.32 Å². The summed E-state index contributed by atoms with van der Waals surface area (Å²) in [5.74, 6) is -0.410. The SMILES string of the molecule is CCn1cc(C(C)NC(=O)CCn2cc(Br)c([N+](=O)[O-])n2)c(C)n1. The van der Waals surface area contributed by atoms with Crippen molar-refractivity contribution in [2.45, 2.75) is 46.3 Å². The van der Waals surface area contributed by atoms with Crippen molar-refractivity contribution in [3.8, 4) is 0 Å². The van der Waals surface area contributed by atoms with Crippen molar-refractivity contribution in [3.05, 3.63) is 38.2 Å². The Hall–Kier alpha value is -2.23. The van der Waals surface area contributed by atoms with Crippen molar-refractivity contribution in [2.24, 2.45) is 0 Å². The highest BCUT2D eigenvalue weighted by Crippen LogP contribution is 2.22. The van der Waals surface area contributed by atoms with Crippen LogP contribution in [0.25, 0.3) is 0 Å². The molecule has 0 radical (unpaired) electrons. The quantitative estimate of drug-likeness (QED) is 0.568. The summed E-state index contributed by atoms with van der Waals surface area (Å²) in [6.07, 6.45) is 3.59. The van der Waals surface area contributed by atoms with Crippen molar-refractivity contribution < 1.29 is 9.72 Å². The monoisotopic (exact) mass is 398 g/mol. The highest BCUT2D eigenvalue weighted by atomic mass is 79.9. The summed E-state index contributed by atoms with van der Waals surface area (Å²) in [4.78, 5) is 22.3. The van der Waals surface area contributed by atoms with Crippen LogP contribution in [0.2, 0.25) is 0 Å². The molecule has 130 valence electrons. The smallest absolute Gasteiger partial charge is 0.358 e. The lowest BCUT2D eigenvalue weighted by molar-refractivity contribution is -0.390. The highest BCUT2D eigenvalue weighted by Gasteiger charge is 2.19. The Morgan fingerprint density at radius 1 is 1.42 bits per heavy atom. The normalized spacial score (nSPS) is 12.2. The molecule has 0 aliphatic heterocycles. The van der Waals surface area contributed by atoms with E-state index in [9.17, 15) is 14.9 Å². The lowest BCUT2D eigenvalue weighted by atomic mass is 10.1. The number of carbonyl (C=O) groups excluding carboxylic acids is 1. The van der Waals surface area contributed by atoms with Gasteiger partial charge in [0.05, 0.1) is 29.6 Å². The molecule has 0 aliphatic carbocycles. The van der Waals surface area contributed by atoms with Crippen LogP contribution in [0.3, 0.4) is 0 Å². The lowest BCUT2D eigenvalue weighted by Crippen LogP contribution is -2.27. The number of hydrogen-bond acceptors (Lipinski definition) is 5. The van der Waals surface area contributed by atoms with Crippen LogP contribution in [0.1, 0.15) is 37.6 Å². The predicted octanol–water partition coefficient (Wildman–Crippen LogP) is 2.35. The summed E-state index contributed by atoms with van der Waals surface area (Å²) in [6.45, 7) is 6.84. The van der Waals surface area contributed by atoms with Crippen LogP contribution in [-0.2, 0) is 17.9 Å². The third kappa shape index (κ3) is 4.19. The average molecular weight is 399 g/mol. The van der Waals surface area contributed by atoms with Crippen LogP contribution in [0, 0.1) is 17.0 Å². The molecule has 2 rings (SSSR count). The molecule has 1 atom stereocenters. The first-order valence-corrected chi connectivity index (χ1v) is 8.31. The topological polar surface area (TPSA) is 108 Å². The van der Waals surface area contributed by atoms with E-state index >= 15 is 0 Å². The van der Waals surface area contributed by atoms with Crippen LogP contribution >= 0.6 is 15.9 Å². The maximum atomic E-state index is 12.1. The molecule has 0 spiro atoms. The van der Waals surface area contributed by atoms with Gasteiger partial charge in [-0.25, -0.2) is 0 Å². The first-order chi connectivity index (χ1) is 11.3. The van der Waals surface area contributed by atoms with Crippen LogP contribution in [0.4, 0.5) is 5.82 Å². The fourth-order valence-electron chi connectivity index (χ4n) is 2.35. The number of aryl methyl sites for hydroxylation is 3. The van der Waals surface area contributed by atoms with Crippen LogP contribution in [-0.4, -0.2) is 30.4 Å². The van der Waals surface area contributed by atoms with Gasteiger partial charge < -0.3 is 15.4 Å². The number of aromatic nitrogens is 4. The molecule has 1 N–H and O–H groups in total. The van der Waals surface area contributed by atoms with Crippen molar-refractivity contribution in [1.29, 1.82) is 0 Å². The second kappa shape index (κ2) is 7.56. The zero-order valence-electron chi connectivity index (χ0n) is 13.7. The fraction of sp³-hybridized carbons (Fsp3) is 0.500. The van der Waals surface area contributed by atoms with Gasteiger partial charge in [0.25, 0.3) is 0 Å². The molecule has 0 saturated heterocycles. The van der Waals surface area contributed by atoms with E-state index in [2.05, 4.69) is 31.4 Å². The largest absolute Gasteiger partial charge is 0.404 e. The number of nitrogens with zero attached hydrogens (tertiary/aromatic N) is 5. The Morgan fingerprint density at radius 3 is 2.67 bits per heavy atom. The van der Waals surface area contributed by atoms with Gasteiger partial charge in [-0.15, -0.1) is 0 Å². The van der Waals surface area contributed by atoms with Gasteiger partial charge in [0.15, 0.2) is 0 Å². The maximum Gasteiger partial charge on any atom is 0.404 e. The molecule has 0 fully saturated rings. The Bertz CT molecular complexity index is 754. The molecule has 24 heavy (non-hydrogen) atoms. The van der Waals surface area contributed by atoms with Crippen molar-refractivity contribution in [2.75, 3.05) is 0 Å². The van der Waals surface area contributed by atoms with Crippen molar-refractivity contribution in [1.82, 2.24) is 24.9 Å². The number of nitro groups is 1. The molecule has 0 aromatic carbocycles. The standard InChI is InChI=1S/C14H19BrN6O3/c1-4-19-7-11(10(3)17-19)9(2)16-13(22)5-6-20-8-12(15)14(18-20)21(23)24/h7-9H,4-6H2,1-3H3,(H,16,22). The van der Waals surface area contributed by atoms with Gasteiger partial charge in [-0.2, -0.15) is 9.78 Å². The summed E-state index contributed by atoms with van der Waals surface area (Å²) >= 11 is 3.08. The molecular formula is C14H19BrN6O3. The van der Waals surface area contributed by atoms with Crippen LogP contribution in [0.5, 0.6) is 0 Å². The molecule has 2 aromatic heterocycles. The fourth-order valence-corrected chi connectivity index (χ4v) is 2.81. The van der Waals surface area contributed by atoms with Gasteiger partial charge in [-0.3, -0.25) is 9.48 Å². The third-order valence-electron chi connectivity index (χ3n) is 3.59. The Labute approximate surface area is 147 Å². The predicted molar refractivity (Wildman–Crippen MR) is 90.4 cm³/mol. The maximum absolute atomic E-state index is 12.1. The van der Waals surface area contributed by atoms with Gasteiger partial charge in [0.2, 0.25) is 5.91 Å². The van der Waals surface area contributed by atoms with E-state index < -0.39 is 4.92 Å². The first-order valence-electron chi connectivity index (χ1n) is 7.52. The number of halogens is 1. The Morgan fingerprint density at radius 2 is 2.12 bits per heavy atom. The minimum absolute atomic E-state index is 0.152. The minimum atomic E-state index is -0.573. The number of rotatable bonds is 7. The zero-order valence-corrected chi connectivity index (χ0v) is 15.3. The summed E-state index contributed by atoms with van der Waals surface area (Å²) in [5.41, 5.74) is 1.86. The molecule has 2 heterocycles. The molecule has 2 aromatic rings. The van der Waals surface area contributed by atoms with E-state index in [4.69, 9.17) is 0 Å². The average Bonchev–Trinajstić information content (AvgIpc) is 3.08. The molecule has 0 aliphatic rings. The summed E-state index contributed by atoms with van der Waals surface area (Å²) in [6, 6.07) is -0.156. The summed E-state index contributed by atoms with van der Waals surface area (Å²) in [7, 11) is 0. The van der Waals surface area contributed by atoms with E-state index in [1.54, 1.807) is 0 Å². The van der Waals surface area contributed by atoms with E-state index in [1.807, 2.05) is 31.6 Å². The molecule has 10 heteroatoms. The molecule has 1 amide bonds. The third-order valence-corrected chi connectivity index (χ3v) is 4.15. The van der Waals surface area contributed by atoms with Gasteiger partial charge in [-0.05, 0) is 41.6 Å². The number of amides is 1. The van der Waals surface area contributed by atoms with Gasteiger partial charge in [0, 0.05) is 24.7 Å². The highest BCUT2D eigenvalue weighted by molar-refractivity contribution is 9.10. The van der Waals surface area contributed by atoms with E-state index in [1.165, 1.54) is 10.9 Å². The first kappa shape index (κ1) is 18.1. The Kier molecular flexibility index (Phi) is 5.71. The van der Waals surface area contributed by atoms with E-state index in [-0.39, 0.29) is 30.7 Å². The second-order valence-electron chi connectivity index (χ2n) is 5.39. The zero-order chi connectivity index (χ0) is 17.9. The molecule has 0 saturated carbocycles. The molecular weight excluding hydrogens is 380 g/mol. The molecule has 1 unspecified atom stereocenters.